The molecule has 5 heteroatoms. The van der Waals surface area contributed by atoms with Crippen LogP contribution in [0.1, 0.15) is 9.67 Å². The van der Waals surface area contributed by atoms with Crippen molar-refractivity contribution < 1.29 is 4.79 Å². The van der Waals surface area contributed by atoms with Gasteiger partial charge in [0.15, 0.2) is 0 Å². The number of nitrogens with zero attached hydrogens (tertiary/aromatic N) is 1. The summed E-state index contributed by atoms with van der Waals surface area (Å²) in [6.45, 7) is 0. The van der Waals surface area contributed by atoms with Gasteiger partial charge in [-0.2, -0.15) is 0 Å². The Morgan fingerprint density at radius 1 is 0.771 bits per heavy atom. The normalized spacial score (nSPS) is 11.1. The zero-order valence-corrected chi connectivity index (χ0v) is 19.5. The number of rotatable bonds is 4. The zero-order valence-electron chi connectivity index (χ0n) is 18.7. The number of nitrogens with one attached hydrogen (secondary N) is 1. The van der Waals surface area contributed by atoms with E-state index in [0.717, 1.165) is 49.1 Å². The van der Waals surface area contributed by atoms with Gasteiger partial charge in [0.05, 0.1) is 11.4 Å². The quantitative estimate of drug-likeness (QED) is 0.278. The number of benzene rings is 4. The van der Waals surface area contributed by atoms with Crippen molar-refractivity contribution in [3.05, 3.63) is 114 Å². The highest BCUT2D eigenvalue weighted by atomic mass is 32.1. The summed E-state index contributed by atoms with van der Waals surface area (Å²) in [5.74, 6) is -0.234. The molecule has 0 unspecified atom stereocenters. The van der Waals surface area contributed by atoms with Gasteiger partial charge in [-0.05, 0) is 28.6 Å². The number of hydrogen-bond acceptors (Lipinski definition) is 4. The number of aromatic nitrogens is 1. The number of nitrogen functional groups attached to an aromatic ring is 1. The zero-order chi connectivity index (χ0) is 23.8. The van der Waals surface area contributed by atoms with Crippen LogP contribution in [-0.4, -0.2) is 10.9 Å². The average Bonchev–Trinajstić information content (AvgIpc) is 3.26. The monoisotopic (exact) mass is 471 g/mol. The molecular weight excluding hydrogens is 450 g/mol. The molecule has 2 aromatic heterocycles. The standard InChI is InChI=1S/C30H21N3OS/c31-27-26-23(20-10-3-1-4-11-20)18-25(21-13-5-2-6-14-21)33-30(26)35-28(27)29(34)32-24-17-9-15-19-12-7-8-16-22(19)24/h1-18H,31H2,(H,32,34). The summed E-state index contributed by atoms with van der Waals surface area (Å²) in [4.78, 5) is 19.6. The maximum Gasteiger partial charge on any atom is 0.267 e. The molecule has 0 spiro atoms. The number of hydrogen-bond donors (Lipinski definition) is 2. The van der Waals surface area contributed by atoms with Crippen LogP contribution in [0.2, 0.25) is 0 Å². The number of thiophene rings is 1. The van der Waals surface area contributed by atoms with Crippen LogP contribution in [0.3, 0.4) is 0 Å². The molecule has 0 saturated heterocycles. The third-order valence-electron chi connectivity index (χ3n) is 6.10. The molecule has 0 aliphatic rings. The molecule has 35 heavy (non-hydrogen) atoms. The van der Waals surface area contributed by atoms with Crippen molar-refractivity contribution in [3.63, 3.8) is 0 Å². The van der Waals surface area contributed by atoms with E-state index in [1.165, 1.54) is 11.3 Å². The predicted octanol–water partition coefficient (Wildman–Crippen LogP) is 7.62. The van der Waals surface area contributed by atoms with Gasteiger partial charge in [-0.25, -0.2) is 4.98 Å². The van der Waals surface area contributed by atoms with Gasteiger partial charge in [-0.15, -0.1) is 11.3 Å². The summed E-state index contributed by atoms with van der Waals surface area (Å²) in [7, 11) is 0. The van der Waals surface area contributed by atoms with Gasteiger partial charge in [-0.3, -0.25) is 4.79 Å². The van der Waals surface area contributed by atoms with E-state index in [1.807, 2.05) is 91.0 Å². The van der Waals surface area contributed by atoms with E-state index in [4.69, 9.17) is 10.7 Å². The van der Waals surface area contributed by atoms with Crippen LogP contribution >= 0.6 is 11.3 Å². The first-order valence-corrected chi connectivity index (χ1v) is 12.1. The second-order valence-corrected chi connectivity index (χ2v) is 9.29. The Bertz CT molecular complexity index is 1690. The highest BCUT2D eigenvalue weighted by molar-refractivity contribution is 7.21. The summed E-state index contributed by atoms with van der Waals surface area (Å²) in [5, 5.41) is 5.93. The van der Waals surface area contributed by atoms with Crippen LogP contribution in [0.5, 0.6) is 0 Å². The first kappa shape index (κ1) is 21.1. The Labute approximate surface area is 206 Å². The molecule has 0 radical (unpaired) electrons. The molecule has 4 aromatic carbocycles. The molecule has 3 N–H and O–H groups in total. The van der Waals surface area contributed by atoms with E-state index in [2.05, 4.69) is 23.5 Å². The molecule has 6 rings (SSSR count). The number of amides is 1. The summed E-state index contributed by atoms with van der Waals surface area (Å²) in [6, 6.07) is 36.0. The SMILES string of the molecule is Nc1c(C(=O)Nc2cccc3ccccc23)sc2nc(-c3ccccc3)cc(-c3ccccc3)c12. The van der Waals surface area contributed by atoms with Gasteiger partial charge in [0.2, 0.25) is 0 Å². The van der Waals surface area contributed by atoms with E-state index in [9.17, 15) is 4.79 Å². The number of pyridine rings is 1. The van der Waals surface area contributed by atoms with Gasteiger partial charge >= 0.3 is 0 Å². The third-order valence-corrected chi connectivity index (χ3v) is 7.20. The lowest BCUT2D eigenvalue weighted by molar-refractivity contribution is 0.103. The van der Waals surface area contributed by atoms with E-state index < -0.39 is 0 Å². The molecule has 0 aliphatic heterocycles. The second kappa shape index (κ2) is 8.70. The Hall–Kier alpha value is -4.48. The van der Waals surface area contributed by atoms with Gasteiger partial charge in [0, 0.05) is 22.0 Å². The highest BCUT2D eigenvalue weighted by Gasteiger charge is 2.22. The molecule has 0 fully saturated rings. The molecule has 0 atom stereocenters. The Morgan fingerprint density at radius 3 is 2.20 bits per heavy atom. The molecule has 0 aliphatic carbocycles. The van der Waals surface area contributed by atoms with Crippen LogP contribution in [0.25, 0.3) is 43.4 Å². The van der Waals surface area contributed by atoms with Gasteiger partial charge in [0.25, 0.3) is 5.91 Å². The van der Waals surface area contributed by atoms with Crippen LogP contribution in [0.4, 0.5) is 11.4 Å². The highest BCUT2D eigenvalue weighted by Crippen LogP contribution is 2.41. The lowest BCUT2D eigenvalue weighted by Crippen LogP contribution is -2.12. The largest absolute Gasteiger partial charge is 0.397 e. The fourth-order valence-electron chi connectivity index (χ4n) is 4.41. The summed E-state index contributed by atoms with van der Waals surface area (Å²) in [5.41, 5.74) is 11.7. The molecule has 2 heterocycles. The molecule has 168 valence electrons. The summed E-state index contributed by atoms with van der Waals surface area (Å²) >= 11 is 1.33. The molecule has 0 saturated carbocycles. The lowest BCUT2D eigenvalue weighted by atomic mass is 9.99. The number of carbonyl (C=O) groups excluding carboxylic acids is 1. The predicted molar refractivity (Wildman–Crippen MR) is 147 cm³/mol. The number of anilines is 2. The number of fused-ring (bicyclic) bond motifs is 2. The summed E-state index contributed by atoms with van der Waals surface area (Å²) in [6.07, 6.45) is 0. The smallest absolute Gasteiger partial charge is 0.267 e. The van der Waals surface area contributed by atoms with E-state index >= 15 is 0 Å². The van der Waals surface area contributed by atoms with Crippen molar-refractivity contribution >= 4 is 49.6 Å². The molecule has 1 amide bonds. The number of nitrogens with two attached hydrogens (primary N) is 1. The van der Waals surface area contributed by atoms with Gasteiger partial charge < -0.3 is 11.1 Å². The van der Waals surface area contributed by atoms with Crippen molar-refractivity contribution in [3.8, 4) is 22.4 Å². The molecule has 6 aromatic rings. The molecular formula is C30H21N3OS. The van der Waals surface area contributed by atoms with Crippen LogP contribution in [0, 0.1) is 0 Å². The Balaban J connectivity index is 1.50. The fraction of sp³-hybridized carbons (Fsp3) is 0. The Morgan fingerprint density at radius 2 is 1.43 bits per heavy atom. The van der Waals surface area contributed by atoms with Crippen molar-refractivity contribution in [1.82, 2.24) is 4.98 Å². The fourth-order valence-corrected chi connectivity index (χ4v) is 5.42. The van der Waals surface area contributed by atoms with Crippen LogP contribution in [0.15, 0.2) is 109 Å². The third kappa shape index (κ3) is 3.82. The second-order valence-electron chi connectivity index (χ2n) is 8.29. The van der Waals surface area contributed by atoms with Crippen molar-refractivity contribution in [2.75, 3.05) is 11.1 Å². The first-order valence-electron chi connectivity index (χ1n) is 11.3. The minimum absolute atomic E-state index is 0.234. The summed E-state index contributed by atoms with van der Waals surface area (Å²) < 4.78 is 0. The minimum Gasteiger partial charge on any atom is -0.397 e. The van der Waals surface area contributed by atoms with Gasteiger partial charge in [0.1, 0.15) is 9.71 Å². The van der Waals surface area contributed by atoms with E-state index in [0.29, 0.717) is 10.6 Å². The van der Waals surface area contributed by atoms with Crippen molar-refractivity contribution in [1.29, 1.82) is 0 Å². The van der Waals surface area contributed by atoms with Crippen molar-refractivity contribution in [2.45, 2.75) is 0 Å². The molecule has 0 bridgehead atoms. The maximum absolute atomic E-state index is 13.4. The first-order chi connectivity index (χ1) is 17.2. The van der Waals surface area contributed by atoms with Gasteiger partial charge in [-0.1, -0.05) is 97.1 Å². The van der Waals surface area contributed by atoms with Crippen LogP contribution in [-0.2, 0) is 0 Å². The topological polar surface area (TPSA) is 68.0 Å². The minimum atomic E-state index is -0.234. The average molecular weight is 472 g/mol. The van der Waals surface area contributed by atoms with E-state index in [1.54, 1.807) is 0 Å². The Kier molecular flexibility index (Phi) is 5.24. The lowest BCUT2D eigenvalue weighted by Gasteiger charge is -2.09. The number of carbonyl (C=O) groups is 1. The van der Waals surface area contributed by atoms with Crippen molar-refractivity contribution in [2.24, 2.45) is 0 Å². The maximum atomic E-state index is 13.4. The molecule has 4 nitrogen and oxygen atoms in total. The van der Waals surface area contributed by atoms with E-state index in [-0.39, 0.29) is 5.91 Å². The van der Waals surface area contributed by atoms with Crippen LogP contribution < -0.4 is 11.1 Å².